The van der Waals surface area contributed by atoms with E-state index in [1.165, 1.54) is 17.0 Å². The SMILES string of the molecule is CC(C)(C)OC(=O)CCOCCOCCOCCOCCCC(=O)[C@H](Cc1ccc(O)cc1)NC(=O)CCOCCOCCOCCOCCN1C(=O)c2ccccc2C1=O. The van der Waals surface area contributed by atoms with Gasteiger partial charge >= 0.3 is 5.97 Å². The van der Waals surface area contributed by atoms with Crippen molar-refractivity contribution in [2.45, 2.75) is 64.5 Å². The molecule has 2 N–H and O–H groups in total. The van der Waals surface area contributed by atoms with Crippen molar-refractivity contribution >= 4 is 29.5 Å². The van der Waals surface area contributed by atoms with E-state index in [1.807, 2.05) is 20.8 Å². The van der Waals surface area contributed by atoms with Crippen molar-refractivity contribution in [2.24, 2.45) is 0 Å². The molecule has 1 aliphatic rings. The summed E-state index contributed by atoms with van der Waals surface area (Å²) < 4.78 is 49.2. The zero-order valence-corrected chi connectivity index (χ0v) is 35.9. The number of hydrogen-bond donors (Lipinski definition) is 2. The Morgan fingerprint density at radius 3 is 1.52 bits per heavy atom. The van der Waals surface area contributed by atoms with Crippen molar-refractivity contribution < 1.29 is 71.7 Å². The van der Waals surface area contributed by atoms with Gasteiger partial charge in [-0.1, -0.05) is 24.3 Å². The predicted molar refractivity (Wildman–Crippen MR) is 221 cm³/mol. The molecule has 1 heterocycles. The monoisotopic (exact) mass is 860 g/mol. The van der Waals surface area contributed by atoms with E-state index in [1.54, 1.807) is 36.4 Å². The summed E-state index contributed by atoms with van der Waals surface area (Å²) in [5, 5.41) is 12.5. The molecule has 0 saturated carbocycles. The topological polar surface area (TPSA) is 204 Å². The summed E-state index contributed by atoms with van der Waals surface area (Å²) in [4.78, 5) is 63.5. The third kappa shape index (κ3) is 22.4. The number of ketones is 1. The summed E-state index contributed by atoms with van der Waals surface area (Å²) in [6.45, 7) is 10.8. The maximum absolute atomic E-state index is 13.2. The van der Waals surface area contributed by atoms with E-state index in [2.05, 4.69) is 5.32 Å². The van der Waals surface area contributed by atoms with Gasteiger partial charge in [-0.05, 0) is 63.4 Å². The number of phenols is 1. The molecule has 3 rings (SSSR count). The number of nitrogens with zero attached hydrogens (tertiary/aromatic N) is 1. The molecule has 17 nitrogen and oxygen atoms in total. The lowest BCUT2D eigenvalue weighted by molar-refractivity contribution is -0.156. The van der Waals surface area contributed by atoms with Crippen LogP contribution in [0, 0.1) is 0 Å². The molecule has 0 aromatic heterocycles. The third-order valence-electron chi connectivity index (χ3n) is 8.73. The Bertz CT molecular complexity index is 1560. The number of phenolic OH excluding ortho intramolecular Hbond substituents is 1. The number of amides is 3. The van der Waals surface area contributed by atoms with Crippen molar-refractivity contribution in [3.05, 3.63) is 65.2 Å². The van der Waals surface area contributed by atoms with Gasteiger partial charge in [0.15, 0.2) is 5.78 Å². The van der Waals surface area contributed by atoms with Gasteiger partial charge in [-0.2, -0.15) is 0 Å². The molecule has 340 valence electrons. The predicted octanol–water partition coefficient (Wildman–Crippen LogP) is 3.32. The van der Waals surface area contributed by atoms with Gasteiger partial charge in [-0.15, -0.1) is 0 Å². The number of hydrogen-bond acceptors (Lipinski definition) is 15. The fourth-order valence-corrected chi connectivity index (χ4v) is 5.74. The summed E-state index contributed by atoms with van der Waals surface area (Å²) >= 11 is 0. The van der Waals surface area contributed by atoms with E-state index in [9.17, 15) is 29.1 Å². The zero-order valence-electron chi connectivity index (χ0n) is 35.9. The number of esters is 1. The number of ether oxygens (including phenoxy) is 9. The van der Waals surface area contributed by atoms with Gasteiger partial charge in [0.05, 0.1) is 129 Å². The van der Waals surface area contributed by atoms with Gasteiger partial charge in [-0.3, -0.25) is 28.9 Å². The molecule has 0 bridgehead atoms. The van der Waals surface area contributed by atoms with Crippen molar-refractivity contribution in [3.8, 4) is 5.75 Å². The number of aromatic hydroxyl groups is 1. The largest absolute Gasteiger partial charge is 0.508 e. The number of rotatable bonds is 35. The van der Waals surface area contributed by atoms with Gasteiger partial charge in [0, 0.05) is 19.4 Å². The average Bonchev–Trinajstić information content (AvgIpc) is 3.46. The van der Waals surface area contributed by atoms with E-state index in [0.717, 1.165) is 5.56 Å². The summed E-state index contributed by atoms with van der Waals surface area (Å²) in [6, 6.07) is 12.5. The average molecular weight is 861 g/mol. The van der Waals surface area contributed by atoms with Crippen molar-refractivity contribution in [2.75, 3.05) is 112 Å². The first-order chi connectivity index (χ1) is 29.4. The molecular formula is C44H64N2O15. The molecule has 2 aromatic carbocycles. The van der Waals surface area contributed by atoms with E-state index in [0.29, 0.717) is 96.8 Å². The number of carbonyl (C=O) groups is 5. The van der Waals surface area contributed by atoms with Crippen LogP contribution in [0.2, 0.25) is 0 Å². The van der Waals surface area contributed by atoms with Crippen LogP contribution in [0.1, 0.15) is 72.7 Å². The molecule has 0 saturated heterocycles. The van der Waals surface area contributed by atoms with Gasteiger partial charge in [-0.25, -0.2) is 0 Å². The first kappa shape index (κ1) is 51.0. The highest BCUT2D eigenvalue weighted by Gasteiger charge is 2.34. The smallest absolute Gasteiger partial charge is 0.308 e. The van der Waals surface area contributed by atoms with Gasteiger partial charge in [0.2, 0.25) is 5.91 Å². The van der Waals surface area contributed by atoms with Crippen LogP contribution in [0.4, 0.5) is 0 Å². The van der Waals surface area contributed by atoms with Crippen molar-refractivity contribution in [3.63, 3.8) is 0 Å². The van der Waals surface area contributed by atoms with Crippen molar-refractivity contribution in [1.82, 2.24) is 10.2 Å². The second-order valence-corrected chi connectivity index (χ2v) is 14.9. The molecule has 0 spiro atoms. The van der Waals surface area contributed by atoms with Crippen LogP contribution < -0.4 is 5.32 Å². The maximum Gasteiger partial charge on any atom is 0.308 e. The van der Waals surface area contributed by atoms with E-state index >= 15 is 0 Å². The maximum atomic E-state index is 13.2. The quantitative estimate of drug-likeness (QED) is 0.0580. The van der Waals surface area contributed by atoms with Crippen LogP contribution >= 0.6 is 0 Å². The standard InChI is InChI=1S/C44H64N2O15/c1-44(2,3)61-41(50)15-19-55-23-27-59-30-29-57-25-21-53-17-6-9-39(48)38(33-34-10-12-35(47)13-11-34)45-40(49)14-18-54-22-26-58-31-32-60-28-24-56-20-16-46-42(51)36-7-4-5-8-37(36)43(46)52/h4-5,7-8,10-13,38,47H,6,9,14-33H2,1-3H3,(H,45,49)/t38-/m0/s1. The molecule has 0 radical (unpaired) electrons. The lowest BCUT2D eigenvalue weighted by Gasteiger charge is -2.19. The summed E-state index contributed by atoms with van der Waals surface area (Å²) in [5.74, 6) is -1.25. The molecule has 1 atom stereocenters. The van der Waals surface area contributed by atoms with Crippen LogP contribution in [-0.2, 0) is 63.4 Å². The Morgan fingerprint density at radius 2 is 1.03 bits per heavy atom. The second-order valence-electron chi connectivity index (χ2n) is 14.9. The minimum Gasteiger partial charge on any atom is -0.508 e. The molecule has 0 fully saturated rings. The van der Waals surface area contributed by atoms with Gasteiger partial charge in [0.1, 0.15) is 11.4 Å². The number of imide groups is 1. The summed E-state index contributed by atoms with van der Waals surface area (Å²) in [7, 11) is 0. The summed E-state index contributed by atoms with van der Waals surface area (Å²) in [6.07, 6.45) is 1.21. The second kappa shape index (κ2) is 29.8. The Labute approximate surface area is 358 Å². The van der Waals surface area contributed by atoms with Crippen LogP contribution in [0.3, 0.4) is 0 Å². The number of nitrogens with one attached hydrogen (secondary N) is 1. The third-order valence-corrected chi connectivity index (χ3v) is 8.73. The number of Topliss-reactive ketones (excluding diaryl/α,β-unsaturated/α-hetero) is 1. The number of fused-ring (bicyclic) bond motifs is 1. The first-order valence-electron chi connectivity index (χ1n) is 20.8. The number of carbonyl (C=O) groups excluding carboxylic acids is 5. The van der Waals surface area contributed by atoms with Crippen molar-refractivity contribution in [1.29, 1.82) is 0 Å². The Kier molecular flexibility index (Phi) is 25.0. The first-order valence-corrected chi connectivity index (χ1v) is 20.8. The Hall–Kier alpha value is -4.33. The zero-order chi connectivity index (χ0) is 44.1. The molecule has 2 aromatic rings. The minimum absolute atomic E-state index is 0.0628. The molecule has 61 heavy (non-hydrogen) atoms. The van der Waals surface area contributed by atoms with E-state index in [-0.39, 0.29) is 93.9 Å². The Balaban J connectivity index is 1.15. The lowest BCUT2D eigenvalue weighted by atomic mass is 9.99. The van der Waals surface area contributed by atoms with E-state index in [4.69, 9.17) is 42.6 Å². The fraction of sp³-hybridized carbons (Fsp3) is 0.614. The molecule has 1 aliphatic heterocycles. The minimum atomic E-state index is -0.749. The Morgan fingerprint density at radius 1 is 0.590 bits per heavy atom. The molecule has 17 heteroatoms. The van der Waals surface area contributed by atoms with Gasteiger partial charge < -0.3 is 53.1 Å². The number of benzene rings is 2. The normalized spacial score (nSPS) is 13.1. The fourth-order valence-electron chi connectivity index (χ4n) is 5.74. The van der Waals surface area contributed by atoms with Crippen LogP contribution in [0.5, 0.6) is 5.75 Å². The summed E-state index contributed by atoms with van der Waals surface area (Å²) in [5.41, 5.74) is 1.11. The molecule has 0 aliphatic carbocycles. The highest BCUT2D eigenvalue weighted by molar-refractivity contribution is 6.21. The molecule has 3 amide bonds. The van der Waals surface area contributed by atoms with Crippen LogP contribution in [0.15, 0.2) is 48.5 Å². The van der Waals surface area contributed by atoms with Crippen LogP contribution in [-0.4, -0.2) is 163 Å². The highest BCUT2D eigenvalue weighted by atomic mass is 16.6. The van der Waals surface area contributed by atoms with Gasteiger partial charge in [0.25, 0.3) is 11.8 Å². The molecular weight excluding hydrogens is 796 g/mol. The van der Waals surface area contributed by atoms with Crippen LogP contribution in [0.25, 0.3) is 0 Å². The lowest BCUT2D eigenvalue weighted by Crippen LogP contribution is -2.42. The highest BCUT2D eigenvalue weighted by Crippen LogP contribution is 2.22. The molecule has 0 unspecified atom stereocenters. The van der Waals surface area contributed by atoms with E-state index < -0.39 is 11.6 Å².